The summed E-state index contributed by atoms with van der Waals surface area (Å²) in [7, 11) is 0. The van der Waals surface area contributed by atoms with E-state index in [1.54, 1.807) is 18.2 Å². The van der Waals surface area contributed by atoms with Crippen LogP contribution in [0.2, 0.25) is 0 Å². The number of benzene rings is 1. The average Bonchev–Trinajstić information content (AvgIpc) is 2.25. The van der Waals surface area contributed by atoms with Crippen LogP contribution in [0.3, 0.4) is 0 Å². The van der Waals surface area contributed by atoms with Crippen LogP contribution in [-0.4, -0.2) is 17.7 Å². The summed E-state index contributed by atoms with van der Waals surface area (Å²) in [5.41, 5.74) is 0.249. The lowest BCUT2D eigenvalue weighted by molar-refractivity contribution is 0.0696. The van der Waals surface area contributed by atoms with E-state index in [1.165, 1.54) is 6.07 Å². The number of allylic oxidation sites excluding steroid dienone is 1. The van der Waals surface area contributed by atoms with Gasteiger partial charge in [0.2, 0.25) is 0 Å². The van der Waals surface area contributed by atoms with E-state index in [0.717, 1.165) is 6.42 Å². The number of hydrogen-bond acceptors (Lipinski definition) is 2. The molecule has 0 fully saturated rings. The molecule has 0 bridgehead atoms. The second-order valence-corrected chi connectivity index (χ2v) is 3.04. The van der Waals surface area contributed by atoms with Gasteiger partial charge in [0.15, 0.2) is 0 Å². The van der Waals surface area contributed by atoms with Crippen molar-refractivity contribution in [2.45, 2.75) is 13.3 Å². The van der Waals surface area contributed by atoms with Crippen molar-refractivity contribution in [2.75, 3.05) is 6.61 Å². The van der Waals surface area contributed by atoms with Crippen molar-refractivity contribution >= 4 is 5.97 Å². The first-order valence-electron chi connectivity index (χ1n) is 4.81. The zero-order valence-electron chi connectivity index (χ0n) is 8.64. The van der Waals surface area contributed by atoms with Gasteiger partial charge in [0.05, 0.1) is 12.2 Å². The van der Waals surface area contributed by atoms with Gasteiger partial charge in [0, 0.05) is 0 Å². The van der Waals surface area contributed by atoms with Gasteiger partial charge in [0.25, 0.3) is 0 Å². The summed E-state index contributed by atoms with van der Waals surface area (Å²) in [5.74, 6) is -0.340. The van der Waals surface area contributed by atoms with E-state index in [-0.39, 0.29) is 5.56 Å². The Bertz CT molecular complexity index is 356. The van der Waals surface area contributed by atoms with Gasteiger partial charge < -0.3 is 9.84 Å². The maximum Gasteiger partial charge on any atom is 0.335 e. The van der Waals surface area contributed by atoms with Crippen LogP contribution < -0.4 is 4.74 Å². The number of rotatable bonds is 5. The van der Waals surface area contributed by atoms with Gasteiger partial charge in [-0.25, -0.2) is 4.79 Å². The van der Waals surface area contributed by atoms with E-state index in [0.29, 0.717) is 12.4 Å². The van der Waals surface area contributed by atoms with Crippen molar-refractivity contribution in [3.63, 3.8) is 0 Å². The Balaban J connectivity index is 2.54. The van der Waals surface area contributed by atoms with Gasteiger partial charge in [-0.3, -0.25) is 0 Å². The lowest BCUT2D eigenvalue weighted by Gasteiger charge is -2.04. The fourth-order valence-electron chi connectivity index (χ4n) is 1.13. The Morgan fingerprint density at radius 3 is 3.00 bits per heavy atom. The molecule has 0 heterocycles. The van der Waals surface area contributed by atoms with Crippen molar-refractivity contribution in [1.29, 1.82) is 0 Å². The van der Waals surface area contributed by atoms with E-state index >= 15 is 0 Å². The van der Waals surface area contributed by atoms with Crippen LogP contribution in [-0.2, 0) is 0 Å². The minimum atomic E-state index is -0.936. The van der Waals surface area contributed by atoms with Crippen molar-refractivity contribution in [2.24, 2.45) is 0 Å². The Morgan fingerprint density at radius 2 is 2.33 bits per heavy atom. The molecule has 1 rings (SSSR count). The molecule has 0 spiro atoms. The number of ether oxygens (including phenoxy) is 1. The van der Waals surface area contributed by atoms with Crippen molar-refractivity contribution in [1.82, 2.24) is 0 Å². The van der Waals surface area contributed by atoms with E-state index in [9.17, 15) is 4.79 Å². The van der Waals surface area contributed by atoms with Crippen LogP contribution in [0.4, 0.5) is 0 Å². The van der Waals surface area contributed by atoms with Crippen LogP contribution in [0, 0.1) is 0 Å². The lowest BCUT2D eigenvalue weighted by Crippen LogP contribution is -1.99. The van der Waals surface area contributed by atoms with Gasteiger partial charge in [-0.1, -0.05) is 18.2 Å². The molecule has 0 aliphatic carbocycles. The fourth-order valence-corrected chi connectivity index (χ4v) is 1.13. The monoisotopic (exact) mass is 206 g/mol. The third-order valence-corrected chi connectivity index (χ3v) is 1.87. The highest BCUT2D eigenvalue weighted by Crippen LogP contribution is 2.13. The van der Waals surface area contributed by atoms with Crippen LogP contribution >= 0.6 is 0 Å². The molecule has 0 aliphatic rings. The van der Waals surface area contributed by atoms with Gasteiger partial charge in [-0.15, -0.1) is 0 Å². The molecule has 80 valence electrons. The summed E-state index contributed by atoms with van der Waals surface area (Å²) in [6.07, 6.45) is 4.78. The van der Waals surface area contributed by atoms with E-state index < -0.39 is 5.97 Å². The summed E-state index contributed by atoms with van der Waals surface area (Å²) in [5, 5.41) is 8.75. The molecule has 0 saturated heterocycles. The predicted octanol–water partition coefficient (Wildman–Crippen LogP) is 2.73. The van der Waals surface area contributed by atoms with E-state index in [1.807, 2.05) is 19.1 Å². The summed E-state index contributed by atoms with van der Waals surface area (Å²) >= 11 is 0. The molecule has 3 heteroatoms. The van der Waals surface area contributed by atoms with Gasteiger partial charge >= 0.3 is 5.97 Å². The van der Waals surface area contributed by atoms with Crippen molar-refractivity contribution < 1.29 is 14.6 Å². The van der Waals surface area contributed by atoms with Gasteiger partial charge in [-0.05, 0) is 31.5 Å². The first-order valence-corrected chi connectivity index (χ1v) is 4.81. The van der Waals surface area contributed by atoms with Crippen molar-refractivity contribution in [3.8, 4) is 5.75 Å². The summed E-state index contributed by atoms with van der Waals surface area (Å²) in [6.45, 7) is 2.51. The molecule has 0 aliphatic heterocycles. The molecule has 0 aromatic heterocycles. The number of carboxylic acids is 1. The molecular weight excluding hydrogens is 192 g/mol. The molecule has 0 saturated carbocycles. The first kappa shape index (κ1) is 11.3. The Morgan fingerprint density at radius 1 is 1.53 bits per heavy atom. The molecular formula is C12H14O3. The molecule has 0 radical (unpaired) electrons. The highest BCUT2D eigenvalue weighted by Gasteiger charge is 2.02. The largest absolute Gasteiger partial charge is 0.493 e. The number of carboxylic acid groups (broad SMARTS) is 1. The molecule has 0 atom stereocenters. The summed E-state index contributed by atoms with van der Waals surface area (Å²) < 4.78 is 5.38. The standard InChI is InChI=1S/C12H14O3/c1-2-3-4-8-15-11-7-5-6-10(9-11)12(13)14/h2-3,5-7,9H,4,8H2,1H3,(H,13,14)/b3-2+. The topological polar surface area (TPSA) is 46.5 Å². The zero-order valence-corrected chi connectivity index (χ0v) is 8.64. The Labute approximate surface area is 89.0 Å². The van der Waals surface area contributed by atoms with Gasteiger partial charge in [-0.2, -0.15) is 0 Å². The van der Waals surface area contributed by atoms with Crippen LogP contribution in [0.25, 0.3) is 0 Å². The molecule has 1 N–H and O–H groups in total. The number of hydrogen-bond donors (Lipinski definition) is 1. The first-order chi connectivity index (χ1) is 7.24. The normalized spacial score (nSPS) is 10.5. The molecule has 0 amide bonds. The van der Waals surface area contributed by atoms with Gasteiger partial charge in [0.1, 0.15) is 5.75 Å². The second kappa shape index (κ2) is 5.86. The molecule has 1 aromatic carbocycles. The molecule has 0 unspecified atom stereocenters. The number of aromatic carboxylic acids is 1. The lowest BCUT2D eigenvalue weighted by atomic mass is 10.2. The average molecular weight is 206 g/mol. The fraction of sp³-hybridized carbons (Fsp3) is 0.250. The summed E-state index contributed by atoms with van der Waals surface area (Å²) in [4.78, 5) is 10.7. The van der Waals surface area contributed by atoms with Crippen LogP contribution in [0.15, 0.2) is 36.4 Å². The highest BCUT2D eigenvalue weighted by molar-refractivity contribution is 5.87. The molecule has 1 aromatic rings. The van der Waals surface area contributed by atoms with Crippen molar-refractivity contribution in [3.05, 3.63) is 42.0 Å². The molecule has 3 nitrogen and oxygen atoms in total. The van der Waals surface area contributed by atoms with E-state index in [4.69, 9.17) is 9.84 Å². The smallest absolute Gasteiger partial charge is 0.335 e. The van der Waals surface area contributed by atoms with E-state index in [2.05, 4.69) is 0 Å². The summed E-state index contributed by atoms with van der Waals surface area (Å²) in [6, 6.07) is 6.50. The van der Waals surface area contributed by atoms with Crippen LogP contribution in [0.1, 0.15) is 23.7 Å². The minimum absolute atomic E-state index is 0.249. The SMILES string of the molecule is C/C=C/CCOc1cccc(C(=O)O)c1. The number of carbonyl (C=O) groups is 1. The second-order valence-electron chi connectivity index (χ2n) is 3.04. The Hall–Kier alpha value is -1.77. The predicted molar refractivity (Wildman–Crippen MR) is 58.3 cm³/mol. The quantitative estimate of drug-likeness (QED) is 0.595. The highest BCUT2D eigenvalue weighted by atomic mass is 16.5. The minimum Gasteiger partial charge on any atom is -0.493 e. The molecule has 15 heavy (non-hydrogen) atoms. The van der Waals surface area contributed by atoms with Crippen LogP contribution in [0.5, 0.6) is 5.75 Å². The maximum absolute atomic E-state index is 10.7. The maximum atomic E-state index is 10.7. The third-order valence-electron chi connectivity index (χ3n) is 1.87. The Kier molecular flexibility index (Phi) is 4.41. The zero-order chi connectivity index (χ0) is 11.1. The third kappa shape index (κ3) is 3.85.